The number of hydrogen-bond acceptors (Lipinski definition) is 5. The minimum atomic E-state index is -1.20. The van der Waals surface area contributed by atoms with Gasteiger partial charge in [0.2, 0.25) is 0 Å². The molecular formula is C16H14ClNO5. The van der Waals surface area contributed by atoms with E-state index in [4.69, 9.17) is 25.8 Å². The van der Waals surface area contributed by atoms with E-state index in [1.165, 1.54) is 26.5 Å². The quantitative estimate of drug-likeness (QED) is 0.494. The second kappa shape index (κ2) is 7.51. The summed E-state index contributed by atoms with van der Waals surface area (Å²) in [7, 11) is 2.65. The highest BCUT2D eigenvalue weighted by Gasteiger charge is 2.23. The van der Waals surface area contributed by atoms with Crippen LogP contribution in [-0.2, 0) is 14.3 Å². The van der Waals surface area contributed by atoms with Crippen molar-refractivity contribution in [3.05, 3.63) is 59.3 Å². The first-order chi connectivity index (χ1) is 11.1. The Morgan fingerprint density at radius 2 is 1.87 bits per heavy atom. The minimum absolute atomic E-state index is 0.124. The van der Waals surface area contributed by atoms with Gasteiger partial charge in [0.1, 0.15) is 16.7 Å². The number of pyridine rings is 1. The van der Waals surface area contributed by atoms with Gasteiger partial charge in [-0.05, 0) is 12.1 Å². The zero-order chi connectivity index (χ0) is 16.8. The van der Waals surface area contributed by atoms with Gasteiger partial charge in [-0.1, -0.05) is 29.8 Å². The lowest BCUT2D eigenvalue weighted by molar-refractivity contribution is -0.130. The number of carboxylic acids is 1. The van der Waals surface area contributed by atoms with E-state index in [1.807, 2.05) is 0 Å². The Morgan fingerprint density at radius 3 is 2.48 bits per heavy atom. The van der Waals surface area contributed by atoms with Crippen molar-refractivity contribution >= 4 is 23.1 Å². The van der Waals surface area contributed by atoms with Crippen molar-refractivity contribution in [2.24, 2.45) is 0 Å². The number of halogens is 1. The fourth-order valence-electron chi connectivity index (χ4n) is 1.94. The maximum Gasteiger partial charge on any atom is 0.343 e. The molecule has 0 saturated carbocycles. The Hall–Kier alpha value is -2.73. The molecule has 1 aromatic heterocycles. The monoisotopic (exact) mass is 335 g/mol. The number of ether oxygens (including phenoxy) is 3. The summed E-state index contributed by atoms with van der Waals surface area (Å²) in [4.78, 5) is 15.5. The Labute approximate surface area is 137 Å². The lowest BCUT2D eigenvalue weighted by Gasteiger charge is -2.14. The zero-order valence-corrected chi connectivity index (χ0v) is 13.2. The number of para-hydroxylation sites is 1. The fourth-order valence-corrected chi connectivity index (χ4v) is 2.10. The summed E-state index contributed by atoms with van der Waals surface area (Å²) in [6.07, 6.45) is 1.49. The number of nitrogens with zero attached hydrogens (tertiary/aromatic N) is 1. The van der Waals surface area contributed by atoms with Crippen LogP contribution in [0.2, 0.25) is 5.15 Å². The number of carboxylic acid groups (broad SMARTS) is 1. The summed E-state index contributed by atoms with van der Waals surface area (Å²) < 4.78 is 15.7. The van der Waals surface area contributed by atoms with Crippen LogP contribution in [-0.4, -0.2) is 30.3 Å². The number of aromatic nitrogens is 1. The molecule has 0 atom stereocenters. The Kier molecular flexibility index (Phi) is 5.43. The molecule has 0 amide bonds. The van der Waals surface area contributed by atoms with Crippen molar-refractivity contribution in [2.45, 2.75) is 0 Å². The molecule has 0 aliphatic rings. The van der Waals surface area contributed by atoms with Crippen LogP contribution in [0.5, 0.6) is 11.5 Å². The first kappa shape index (κ1) is 16.6. The van der Waals surface area contributed by atoms with E-state index in [9.17, 15) is 9.90 Å². The third-order valence-electron chi connectivity index (χ3n) is 2.87. The second-order valence-corrected chi connectivity index (χ2v) is 4.68. The van der Waals surface area contributed by atoms with Gasteiger partial charge in [0.25, 0.3) is 5.95 Å². The molecule has 1 heterocycles. The number of carbonyl (C=O) groups is 1. The van der Waals surface area contributed by atoms with E-state index >= 15 is 0 Å². The molecule has 0 fully saturated rings. The van der Waals surface area contributed by atoms with Crippen LogP contribution in [0, 0.1) is 0 Å². The zero-order valence-electron chi connectivity index (χ0n) is 12.4. The fraction of sp³-hybridized carbons (Fsp3) is 0.125. The van der Waals surface area contributed by atoms with Gasteiger partial charge in [-0.25, -0.2) is 9.78 Å². The van der Waals surface area contributed by atoms with Crippen LogP contribution in [0.1, 0.15) is 5.56 Å². The molecule has 0 saturated heterocycles. The number of benzene rings is 1. The average Bonchev–Trinajstić information content (AvgIpc) is 2.53. The smallest absolute Gasteiger partial charge is 0.343 e. The molecule has 0 unspecified atom stereocenters. The molecule has 6 nitrogen and oxygen atoms in total. The predicted molar refractivity (Wildman–Crippen MR) is 84.3 cm³/mol. The van der Waals surface area contributed by atoms with Crippen LogP contribution >= 0.6 is 11.6 Å². The molecule has 0 aliphatic heterocycles. The van der Waals surface area contributed by atoms with E-state index in [2.05, 4.69) is 4.98 Å². The van der Waals surface area contributed by atoms with E-state index in [0.717, 1.165) is 0 Å². The highest BCUT2D eigenvalue weighted by Crippen LogP contribution is 2.32. The minimum Gasteiger partial charge on any atom is -0.477 e. The SMILES string of the molecule is COC(OC)=C(C(=O)O)c1ccccc1Oc1ccnc(Cl)c1. The molecule has 0 radical (unpaired) electrons. The summed E-state index contributed by atoms with van der Waals surface area (Å²) in [6.45, 7) is 0. The van der Waals surface area contributed by atoms with Crippen LogP contribution < -0.4 is 4.74 Å². The largest absolute Gasteiger partial charge is 0.477 e. The lowest BCUT2D eigenvalue weighted by atomic mass is 10.1. The van der Waals surface area contributed by atoms with E-state index < -0.39 is 5.97 Å². The third kappa shape index (κ3) is 3.92. The van der Waals surface area contributed by atoms with Crippen molar-refractivity contribution < 1.29 is 24.1 Å². The van der Waals surface area contributed by atoms with Crippen LogP contribution in [0.3, 0.4) is 0 Å². The third-order valence-corrected chi connectivity index (χ3v) is 3.08. The molecule has 0 aliphatic carbocycles. The van der Waals surface area contributed by atoms with E-state index in [-0.39, 0.29) is 16.7 Å². The second-order valence-electron chi connectivity index (χ2n) is 4.29. The number of rotatable bonds is 6. The standard InChI is InChI=1S/C16H14ClNO5/c1-21-16(22-2)14(15(19)20)11-5-3-4-6-12(11)23-10-7-8-18-13(17)9-10/h3-9H,1-2H3,(H,19,20). The number of hydrogen-bond donors (Lipinski definition) is 1. The molecule has 7 heteroatoms. The average molecular weight is 336 g/mol. The molecule has 1 N–H and O–H groups in total. The van der Waals surface area contributed by atoms with Gasteiger partial charge in [-0.3, -0.25) is 0 Å². The van der Waals surface area contributed by atoms with Gasteiger partial charge in [0.05, 0.1) is 14.2 Å². The molecule has 0 bridgehead atoms. The first-order valence-corrected chi connectivity index (χ1v) is 6.89. The Morgan fingerprint density at radius 1 is 1.17 bits per heavy atom. The maximum atomic E-state index is 11.6. The molecule has 0 spiro atoms. The predicted octanol–water partition coefficient (Wildman–Crippen LogP) is 3.57. The van der Waals surface area contributed by atoms with E-state index in [1.54, 1.807) is 30.3 Å². The normalized spacial score (nSPS) is 9.87. The van der Waals surface area contributed by atoms with Gasteiger partial charge >= 0.3 is 5.97 Å². The number of aliphatic carboxylic acids is 1. The molecule has 1 aromatic carbocycles. The van der Waals surface area contributed by atoms with Crippen LogP contribution in [0.15, 0.2) is 48.5 Å². The molecule has 120 valence electrons. The van der Waals surface area contributed by atoms with Crippen LogP contribution in [0.4, 0.5) is 0 Å². The van der Waals surface area contributed by atoms with Gasteiger partial charge in [0.15, 0.2) is 5.57 Å². The van der Waals surface area contributed by atoms with Gasteiger partial charge in [0, 0.05) is 17.8 Å². The van der Waals surface area contributed by atoms with Crippen LogP contribution in [0.25, 0.3) is 5.57 Å². The molecule has 23 heavy (non-hydrogen) atoms. The lowest BCUT2D eigenvalue weighted by Crippen LogP contribution is -2.07. The maximum absolute atomic E-state index is 11.6. The summed E-state index contributed by atoms with van der Waals surface area (Å²) in [5.41, 5.74) is 0.164. The summed E-state index contributed by atoms with van der Waals surface area (Å²) in [6, 6.07) is 9.78. The van der Waals surface area contributed by atoms with Crippen molar-refractivity contribution in [2.75, 3.05) is 14.2 Å². The van der Waals surface area contributed by atoms with Crippen molar-refractivity contribution in [3.63, 3.8) is 0 Å². The molecule has 2 rings (SSSR count). The van der Waals surface area contributed by atoms with Gasteiger partial charge in [-0.15, -0.1) is 0 Å². The highest BCUT2D eigenvalue weighted by atomic mass is 35.5. The Balaban J connectivity index is 2.52. The highest BCUT2D eigenvalue weighted by molar-refractivity contribution is 6.29. The van der Waals surface area contributed by atoms with Crippen molar-refractivity contribution in [1.82, 2.24) is 4.98 Å². The molecule has 2 aromatic rings. The summed E-state index contributed by atoms with van der Waals surface area (Å²) in [5.74, 6) is -0.578. The summed E-state index contributed by atoms with van der Waals surface area (Å²) >= 11 is 5.82. The topological polar surface area (TPSA) is 77.9 Å². The first-order valence-electron chi connectivity index (χ1n) is 6.51. The van der Waals surface area contributed by atoms with Gasteiger partial charge < -0.3 is 19.3 Å². The van der Waals surface area contributed by atoms with Crippen molar-refractivity contribution in [3.8, 4) is 11.5 Å². The van der Waals surface area contributed by atoms with Crippen molar-refractivity contribution in [1.29, 1.82) is 0 Å². The number of methoxy groups -OCH3 is 2. The van der Waals surface area contributed by atoms with Gasteiger partial charge in [-0.2, -0.15) is 0 Å². The summed E-state index contributed by atoms with van der Waals surface area (Å²) in [5, 5.41) is 9.76. The molecular weight excluding hydrogens is 322 g/mol. The Bertz CT molecular complexity index is 739. The van der Waals surface area contributed by atoms with E-state index in [0.29, 0.717) is 17.1 Å².